The molecule has 0 atom stereocenters. The summed E-state index contributed by atoms with van der Waals surface area (Å²) in [7, 11) is 1.62. The van der Waals surface area contributed by atoms with Gasteiger partial charge in [0.15, 0.2) is 11.5 Å². The van der Waals surface area contributed by atoms with Gasteiger partial charge in [0.25, 0.3) is 0 Å². The third kappa shape index (κ3) is 2.35. The molecular formula is C13H18O3. The molecule has 0 saturated carbocycles. The Morgan fingerprint density at radius 2 is 2.06 bits per heavy atom. The summed E-state index contributed by atoms with van der Waals surface area (Å²) in [4.78, 5) is 10.6. The van der Waals surface area contributed by atoms with Gasteiger partial charge in [-0.2, -0.15) is 0 Å². The van der Waals surface area contributed by atoms with Crippen molar-refractivity contribution in [2.24, 2.45) is 0 Å². The van der Waals surface area contributed by atoms with Gasteiger partial charge in [-0.3, -0.25) is 0 Å². The first-order valence-electron chi connectivity index (χ1n) is 5.39. The van der Waals surface area contributed by atoms with Gasteiger partial charge in [-0.15, -0.1) is 0 Å². The molecule has 0 aromatic heterocycles. The second kappa shape index (κ2) is 5.54. The van der Waals surface area contributed by atoms with Gasteiger partial charge in [0.05, 0.1) is 13.7 Å². The molecule has 3 heteroatoms. The van der Waals surface area contributed by atoms with Crippen molar-refractivity contribution in [1.29, 1.82) is 0 Å². The van der Waals surface area contributed by atoms with Crippen LogP contribution in [0.3, 0.4) is 0 Å². The Morgan fingerprint density at radius 1 is 1.38 bits per heavy atom. The molecule has 88 valence electrons. The van der Waals surface area contributed by atoms with Crippen molar-refractivity contribution in [3.8, 4) is 11.5 Å². The summed E-state index contributed by atoms with van der Waals surface area (Å²) in [5, 5.41) is 0. The number of carbonyl (C=O) groups excluding carboxylic acids is 1. The fourth-order valence-corrected chi connectivity index (χ4v) is 1.84. The van der Waals surface area contributed by atoms with Crippen LogP contribution in [0, 0.1) is 13.8 Å². The number of aryl methyl sites for hydroxylation is 1. The van der Waals surface area contributed by atoms with E-state index < -0.39 is 0 Å². The quantitative estimate of drug-likeness (QED) is 0.718. The third-order valence-electron chi connectivity index (χ3n) is 2.64. The van der Waals surface area contributed by atoms with Crippen LogP contribution in [-0.2, 0) is 11.2 Å². The minimum Gasteiger partial charge on any atom is -0.493 e. The second-order valence-corrected chi connectivity index (χ2v) is 3.63. The fourth-order valence-electron chi connectivity index (χ4n) is 1.84. The van der Waals surface area contributed by atoms with E-state index in [0.717, 1.165) is 34.5 Å². The van der Waals surface area contributed by atoms with E-state index in [1.165, 1.54) is 0 Å². The Hall–Kier alpha value is -1.51. The van der Waals surface area contributed by atoms with Crippen LogP contribution in [0.5, 0.6) is 11.5 Å². The number of methoxy groups -OCH3 is 1. The van der Waals surface area contributed by atoms with Crippen LogP contribution in [0.25, 0.3) is 0 Å². The molecule has 0 aliphatic heterocycles. The number of ether oxygens (including phenoxy) is 2. The molecule has 0 aliphatic rings. The van der Waals surface area contributed by atoms with E-state index in [9.17, 15) is 4.79 Å². The van der Waals surface area contributed by atoms with Gasteiger partial charge in [0, 0.05) is 6.42 Å². The molecular weight excluding hydrogens is 204 g/mol. The first-order valence-corrected chi connectivity index (χ1v) is 5.39. The molecule has 0 amide bonds. The average Bonchev–Trinajstić information content (AvgIpc) is 2.28. The van der Waals surface area contributed by atoms with Crippen LogP contribution < -0.4 is 9.47 Å². The van der Waals surface area contributed by atoms with Gasteiger partial charge in [-0.1, -0.05) is 0 Å². The molecule has 0 saturated heterocycles. The zero-order valence-electron chi connectivity index (χ0n) is 10.3. The smallest absolute Gasteiger partial charge is 0.164 e. The van der Waals surface area contributed by atoms with E-state index in [1.807, 2.05) is 26.8 Å². The Morgan fingerprint density at radius 3 is 2.56 bits per heavy atom. The van der Waals surface area contributed by atoms with Crippen LogP contribution >= 0.6 is 0 Å². The van der Waals surface area contributed by atoms with Crippen molar-refractivity contribution >= 4 is 6.29 Å². The lowest BCUT2D eigenvalue weighted by Crippen LogP contribution is -2.03. The highest BCUT2D eigenvalue weighted by molar-refractivity contribution is 5.62. The molecule has 0 unspecified atom stereocenters. The molecule has 0 spiro atoms. The number of benzene rings is 1. The molecule has 3 nitrogen and oxygen atoms in total. The predicted molar refractivity (Wildman–Crippen MR) is 63.4 cm³/mol. The minimum absolute atomic E-state index is 0.418. The number of carbonyl (C=O) groups is 1. The summed E-state index contributed by atoms with van der Waals surface area (Å²) < 4.78 is 10.8. The summed E-state index contributed by atoms with van der Waals surface area (Å²) in [5.74, 6) is 1.47. The zero-order valence-corrected chi connectivity index (χ0v) is 10.3. The van der Waals surface area contributed by atoms with Crippen LogP contribution in [0.1, 0.15) is 23.6 Å². The summed E-state index contributed by atoms with van der Waals surface area (Å²) in [6.07, 6.45) is 1.33. The molecule has 1 aromatic carbocycles. The number of hydrogen-bond donors (Lipinski definition) is 0. The lowest BCUT2D eigenvalue weighted by atomic mass is 9.99. The van der Waals surface area contributed by atoms with E-state index in [4.69, 9.17) is 9.47 Å². The molecule has 1 rings (SSSR count). The molecule has 0 aliphatic carbocycles. The maximum atomic E-state index is 10.6. The van der Waals surface area contributed by atoms with Gasteiger partial charge in [0.1, 0.15) is 6.29 Å². The molecule has 0 radical (unpaired) electrons. The Bertz CT molecular complexity index is 383. The summed E-state index contributed by atoms with van der Waals surface area (Å²) >= 11 is 0. The Balaban J connectivity index is 3.32. The summed E-state index contributed by atoms with van der Waals surface area (Å²) in [6, 6.07) is 1.91. The highest BCUT2D eigenvalue weighted by Crippen LogP contribution is 2.35. The lowest BCUT2D eigenvalue weighted by Gasteiger charge is -2.16. The van der Waals surface area contributed by atoms with Gasteiger partial charge in [-0.05, 0) is 43.5 Å². The maximum absolute atomic E-state index is 10.6. The van der Waals surface area contributed by atoms with Crippen LogP contribution in [0.2, 0.25) is 0 Å². The van der Waals surface area contributed by atoms with Crippen molar-refractivity contribution in [3.63, 3.8) is 0 Å². The summed E-state index contributed by atoms with van der Waals surface area (Å²) in [6.45, 7) is 6.45. The topological polar surface area (TPSA) is 35.5 Å². The van der Waals surface area contributed by atoms with Gasteiger partial charge in [-0.25, -0.2) is 0 Å². The number of hydrogen-bond acceptors (Lipinski definition) is 3. The minimum atomic E-state index is 0.418. The van der Waals surface area contributed by atoms with Crippen LogP contribution in [0.4, 0.5) is 0 Å². The average molecular weight is 222 g/mol. The van der Waals surface area contributed by atoms with Crippen molar-refractivity contribution in [3.05, 3.63) is 22.8 Å². The second-order valence-electron chi connectivity index (χ2n) is 3.63. The van der Waals surface area contributed by atoms with Crippen LogP contribution in [0.15, 0.2) is 6.07 Å². The SMILES string of the molecule is CCOc1c(OC)cc(C)c(CC=O)c1C. The van der Waals surface area contributed by atoms with Crippen molar-refractivity contribution in [2.75, 3.05) is 13.7 Å². The van der Waals surface area contributed by atoms with Gasteiger partial charge < -0.3 is 14.3 Å². The van der Waals surface area contributed by atoms with Crippen molar-refractivity contribution < 1.29 is 14.3 Å². The molecule has 16 heavy (non-hydrogen) atoms. The van der Waals surface area contributed by atoms with Crippen LogP contribution in [-0.4, -0.2) is 20.0 Å². The molecule has 0 bridgehead atoms. The lowest BCUT2D eigenvalue weighted by molar-refractivity contribution is -0.107. The van der Waals surface area contributed by atoms with Crippen molar-refractivity contribution in [2.45, 2.75) is 27.2 Å². The normalized spacial score (nSPS) is 10.0. The first kappa shape index (κ1) is 12.6. The van der Waals surface area contributed by atoms with E-state index in [2.05, 4.69) is 0 Å². The van der Waals surface area contributed by atoms with Crippen molar-refractivity contribution in [1.82, 2.24) is 0 Å². The number of aldehydes is 1. The molecule has 0 heterocycles. The molecule has 1 aromatic rings. The van der Waals surface area contributed by atoms with Gasteiger partial charge in [0.2, 0.25) is 0 Å². The maximum Gasteiger partial charge on any atom is 0.164 e. The number of rotatable bonds is 5. The first-order chi connectivity index (χ1) is 7.65. The predicted octanol–water partition coefficient (Wildman–Crippen LogP) is 2.45. The third-order valence-corrected chi connectivity index (χ3v) is 2.64. The largest absolute Gasteiger partial charge is 0.493 e. The Kier molecular flexibility index (Phi) is 4.35. The zero-order chi connectivity index (χ0) is 12.1. The monoisotopic (exact) mass is 222 g/mol. The molecule has 0 fully saturated rings. The van der Waals surface area contributed by atoms with E-state index >= 15 is 0 Å². The van der Waals surface area contributed by atoms with E-state index in [0.29, 0.717) is 13.0 Å². The standard InChI is InChI=1S/C13H18O3/c1-5-16-13-10(3)11(6-7-14)9(2)8-12(13)15-4/h7-8H,5-6H2,1-4H3. The summed E-state index contributed by atoms with van der Waals surface area (Å²) in [5.41, 5.74) is 3.08. The Labute approximate surface area is 96.4 Å². The molecule has 0 N–H and O–H groups in total. The van der Waals surface area contributed by atoms with E-state index in [-0.39, 0.29) is 0 Å². The highest BCUT2D eigenvalue weighted by Gasteiger charge is 2.14. The highest BCUT2D eigenvalue weighted by atomic mass is 16.5. The van der Waals surface area contributed by atoms with E-state index in [1.54, 1.807) is 7.11 Å². The fraction of sp³-hybridized carbons (Fsp3) is 0.462. The van der Waals surface area contributed by atoms with Gasteiger partial charge >= 0.3 is 0 Å².